The monoisotopic (exact) mass is 723 g/mol. The highest BCUT2D eigenvalue weighted by atomic mass is 15.1. The fraction of sp³-hybridized carbons (Fsp3) is 0. The maximum Gasteiger partial charge on any atom is 0.0468 e. The number of benzene rings is 11. The standard InChI is InChI=1S/C56H37N/c1-3-15-38(16-4-1)53-36-44(32-34-52(53)55-35-41-18-8-10-22-46(41)47-23-11-14-26-50(47)55)57(42-19-5-2-6-20-42)43-30-27-40(28-31-43)54-37-56-45-21-9-7-17-39(45)29-33-51(56)48-24-12-13-25-49(48)54/h1-37H. The van der Waals surface area contributed by atoms with Crippen LogP contribution in [0.1, 0.15) is 0 Å². The van der Waals surface area contributed by atoms with Gasteiger partial charge in [-0.25, -0.2) is 0 Å². The summed E-state index contributed by atoms with van der Waals surface area (Å²) in [6.45, 7) is 0. The molecule has 57 heavy (non-hydrogen) atoms. The number of nitrogens with zero attached hydrogens (tertiary/aromatic N) is 1. The zero-order valence-electron chi connectivity index (χ0n) is 31.3. The van der Waals surface area contributed by atoms with Crippen molar-refractivity contribution in [3.05, 3.63) is 224 Å². The largest absolute Gasteiger partial charge is 0.310 e. The van der Waals surface area contributed by atoms with Gasteiger partial charge in [0.25, 0.3) is 0 Å². The molecular weight excluding hydrogens is 687 g/mol. The van der Waals surface area contributed by atoms with Crippen LogP contribution < -0.4 is 4.90 Å². The number of hydrogen-bond acceptors (Lipinski definition) is 1. The van der Waals surface area contributed by atoms with Crippen LogP contribution in [0.2, 0.25) is 0 Å². The van der Waals surface area contributed by atoms with Crippen molar-refractivity contribution in [3.63, 3.8) is 0 Å². The van der Waals surface area contributed by atoms with Crippen molar-refractivity contribution < 1.29 is 0 Å². The van der Waals surface area contributed by atoms with E-state index in [0.717, 1.165) is 17.1 Å². The van der Waals surface area contributed by atoms with Gasteiger partial charge in [-0.3, -0.25) is 0 Å². The minimum atomic E-state index is 1.10. The third kappa shape index (κ3) is 5.63. The van der Waals surface area contributed by atoms with Crippen LogP contribution in [0.5, 0.6) is 0 Å². The van der Waals surface area contributed by atoms with Crippen LogP contribution in [0.15, 0.2) is 224 Å². The third-order valence-corrected chi connectivity index (χ3v) is 11.6. The molecule has 11 aromatic rings. The number of anilines is 3. The van der Waals surface area contributed by atoms with Gasteiger partial charge in [0.2, 0.25) is 0 Å². The number of rotatable bonds is 6. The van der Waals surface area contributed by atoms with E-state index in [-0.39, 0.29) is 0 Å². The molecule has 0 N–H and O–H groups in total. The Bertz CT molecular complexity index is 3270. The van der Waals surface area contributed by atoms with E-state index in [1.54, 1.807) is 0 Å². The predicted octanol–water partition coefficient (Wildman–Crippen LogP) is 15.9. The molecule has 0 amide bonds. The van der Waals surface area contributed by atoms with Crippen molar-refractivity contribution in [1.29, 1.82) is 0 Å². The van der Waals surface area contributed by atoms with Gasteiger partial charge in [-0.1, -0.05) is 176 Å². The van der Waals surface area contributed by atoms with Crippen molar-refractivity contribution in [3.8, 4) is 33.4 Å². The molecule has 0 aliphatic rings. The first-order chi connectivity index (χ1) is 28.3. The first kappa shape index (κ1) is 32.9. The minimum absolute atomic E-state index is 1.10. The van der Waals surface area contributed by atoms with E-state index in [0.29, 0.717) is 0 Å². The molecule has 0 radical (unpaired) electrons. The summed E-state index contributed by atoms with van der Waals surface area (Å²) in [7, 11) is 0. The van der Waals surface area contributed by atoms with Gasteiger partial charge in [0.05, 0.1) is 0 Å². The molecule has 0 heterocycles. The smallest absolute Gasteiger partial charge is 0.0468 e. The van der Waals surface area contributed by atoms with Crippen molar-refractivity contribution in [1.82, 2.24) is 0 Å². The van der Waals surface area contributed by atoms with Crippen LogP contribution in [-0.2, 0) is 0 Å². The van der Waals surface area contributed by atoms with E-state index in [1.807, 2.05) is 0 Å². The quantitative estimate of drug-likeness (QED) is 0.154. The topological polar surface area (TPSA) is 3.24 Å². The summed E-state index contributed by atoms with van der Waals surface area (Å²) in [5.41, 5.74) is 10.6. The van der Waals surface area contributed by atoms with Crippen molar-refractivity contribution in [2.45, 2.75) is 0 Å². The maximum absolute atomic E-state index is 2.39. The lowest BCUT2D eigenvalue weighted by atomic mass is 9.88. The molecule has 0 aromatic heterocycles. The highest BCUT2D eigenvalue weighted by Crippen LogP contribution is 2.45. The van der Waals surface area contributed by atoms with E-state index in [1.165, 1.54) is 87.2 Å². The molecular formula is C56H37N. The lowest BCUT2D eigenvalue weighted by Gasteiger charge is -2.27. The Morgan fingerprint density at radius 3 is 1.42 bits per heavy atom. The van der Waals surface area contributed by atoms with Gasteiger partial charge in [-0.05, 0) is 136 Å². The summed E-state index contributed by atoms with van der Waals surface area (Å²) in [6.07, 6.45) is 0. The molecule has 0 atom stereocenters. The predicted molar refractivity (Wildman–Crippen MR) is 245 cm³/mol. The Kier molecular flexibility index (Phi) is 7.89. The Hall–Kier alpha value is -7.48. The molecule has 0 aliphatic carbocycles. The van der Waals surface area contributed by atoms with Gasteiger partial charge in [-0.2, -0.15) is 0 Å². The molecule has 0 fully saturated rings. The molecule has 0 bridgehead atoms. The first-order valence-corrected chi connectivity index (χ1v) is 19.7. The fourth-order valence-electron chi connectivity index (χ4n) is 8.95. The van der Waals surface area contributed by atoms with Gasteiger partial charge < -0.3 is 4.90 Å². The Labute approximate surface area is 332 Å². The maximum atomic E-state index is 2.39. The van der Waals surface area contributed by atoms with Gasteiger partial charge in [0.15, 0.2) is 0 Å². The summed E-state index contributed by atoms with van der Waals surface area (Å²) in [5.74, 6) is 0. The molecule has 1 nitrogen and oxygen atoms in total. The van der Waals surface area contributed by atoms with E-state index in [9.17, 15) is 0 Å². The van der Waals surface area contributed by atoms with E-state index in [2.05, 4.69) is 229 Å². The minimum Gasteiger partial charge on any atom is -0.310 e. The molecule has 0 aliphatic heterocycles. The zero-order valence-corrected chi connectivity index (χ0v) is 31.3. The van der Waals surface area contributed by atoms with Gasteiger partial charge in [-0.15, -0.1) is 0 Å². The summed E-state index contributed by atoms with van der Waals surface area (Å²) in [6, 6.07) is 82.0. The Morgan fingerprint density at radius 1 is 0.211 bits per heavy atom. The summed E-state index contributed by atoms with van der Waals surface area (Å²) in [5, 5.41) is 12.7. The molecule has 266 valence electrons. The lowest BCUT2D eigenvalue weighted by Crippen LogP contribution is -2.10. The summed E-state index contributed by atoms with van der Waals surface area (Å²) in [4.78, 5) is 2.38. The van der Waals surface area contributed by atoms with Crippen LogP contribution in [0.3, 0.4) is 0 Å². The molecule has 1 heteroatoms. The lowest BCUT2D eigenvalue weighted by molar-refractivity contribution is 1.28. The molecule has 0 saturated heterocycles. The number of fused-ring (bicyclic) bond motifs is 8. The van der Waals surface area contributed by atoms with Crippen LogP contribution >= 0.6 is 0 Å². The Morgan fingerprint density at radius 2 is 0.702 bits per heavy atom. The fourth-order valence-corrected chi connectivity index (χ4v) is 8.95. The van der Waals surface area contributed by atoms with E-state index < -0.39 is 0 Å². The van der Waals surface area contributed by atoms with Gasteiger partial charge >= 0.3 is 0 Å². The Balaban J connectivity index is 1.08. The second-order valence-corrected chi connectivity index (χ2v) is 14.9. The molecule has 11 aromatic carbocycles. The second kappa shape index (κ2) is 13.7. The molecule has 0 unspecified atom stereocenters. The molecule has 0 saturated carbocycles. The van der Waals surface area contributed by atoms with E-state index >= 15 is 0 Å². The highest BCUT2D eigenvalue weighted by Gasteiger charge is 2.19. The number of hydrogen-bond donors (Lipinski definition) is 0. The average Bonchev–Trinajstić information content (AvgIpc) is 3.29. The van der Waals surface area contributed by atoms with Crippen molar-refractivity contribution in [2.75, 3.05) is 4.90 Å². The first-order valence-electron chi connectivity index (χ1n) is 19.7. The highest BCUT2D eigenvalue weighted by molar-refractivity contribution is 6.21. The zero-order chi connectivity index (χ0) is 37.7. The van der Waals surface area contributed by atoms with Crippen LogP contribution in [0.25, 0.3) is 87.2 Å². The molecule has 11 rings (SSSR count). The summed E-state index contributed by atoms with van der Waals surface area (Å²) >= 11 is 0. The van der Waals surface area contributed by atoms with Crippen molar-refractivity contribution >= 4 is 70.9 Å². The van der Waals surface area contributed by atoms with Crippen LogP contribution in [-0.4, -0.2) is 0 Å². The SMILES string of the molecule is c1ccc(-c2cc(N(c3ccccc3)c3ccc(-c4cc5c6ccccc6ccc5c5ccccc45)cc3)ccc2-c2cc3ccccc3c3ccccc23)cc1. The normalized spacial score (nSPS) is 11.5. The van der Waals surface area contributed by atoms with Gasteiger partial charge in [0, 0.05) is 17.1 Å². The van der Waals surface area contributed by atoms with E-state index in [4.69, 9.17) is 0 Å². The summed E-state index contributed by atoms with van der Waals surface area (Å²) < 4.78 is 0. The number of para-hydroxylation sites is 1. The van der Waals surface area contributed by atoms with Gasteiger partial charge in [0.1, 0.15) is 0 Å². The molecule has 0 spiro atoms. The van der Waals surface area contributed by atoms with Crippen molar-refractivity contribution in [2.24, 2.45) is 0 Å². The second-order valence-electron chi connectivity index (χ2n) is 14.9. The average molecular weight is 724 g/mol. The van der Waals surface area contributed by atoms with Crippen LogP contribution in [0, 0.1) is 0 Å². The van der Waals surface area contributed by atoms with Crippen LogP contribution in [0.4, 0.5) is 17.1 Å². The third-order valence-electron chi connectivity index (χ3n) is 11.6.